The van der Waals surface area contributed by atoms with Crippen molar-refractivity contribution in [2.45, 2.75) is 19.4 Å². The molecule has 1 atom stereocenters. The molecule has 0 aliphatic carbocycles. The zero-order valence-corrected chi connectivity index (χ0v) is 10.7. The van der Waals surface area contributed by atoms with Gasteiger partial charge in [0.1, 0.15) is 6.04 Å². The van der Waals surface area contributed by atoms with Crippen LogP contribution in [-0.4, -0.2) is 41.3 Å². The number of aliphatic carboxylic acids is 1. The highest BCUT2D eigenvalue weighted by Crippen LogP contribution is 2.09. The maximum atomic E-state index is 11.7. The van der Waals surface area contributed by atoms with Gasteiger partial charge in [-0.2, -0.15) is 0 Å². The Morgan fingerprint density at radius 1 is 1.26 bits per heavy atom. The summed E-state index contributed by atoms with van der Waals surface area (Å²) in [6, 6.07) is 6.22. The molecule has 0 fully saturated rings. The number of carbonyl (C=O) groups is 2. The molecule has 0 aliphatic rings. The Balaban J connectivity index is 2.52. The molecule has 0 bridgehead atoms. The molecule has 6 heteroatoms. The first kappa shape index (κ1) is 15.1. The van der Waals surface area contributed by atoms with Crippen molar-refractivity contribution in [3.8, 4) is 0 Å². The summed E-state index contributed by atoms with van der Waals surface area (Å²) >= 11 is 0. The van der Waals surface area contributed by atoms with Crippen molar-refractivity contribution in [3.63, 3.8) is 0 Å². The predicted octanol–water partition coefficient (Wildman–Crippen LogP) is 0.359. The molecule has 0 aliphatic heterocycles. The average Bonchev–Trinajstić information content (AvgIpc) is 2.37. The molecule has 1 aromatic rings. The molecule has 1 rings (SSSR count). The molecule has 1 unspecified atom stereocenters. The fraction of sp³-hybridized carbons (Fsp3) is 0.385. The summed E-state index contributed by atoms with van der Waals surface area (Å²) in [5, 5.41) is 22.8. The van der Waals surface area contributed by atoms with E-state index < -0.39 is 12.0 Å². The minimum atomic E-state index is -1.12. The van der Waals surface area contributed by atoms with Crippen LogP contribution in [0.1, 0.15) is 12.0 Å². The van der Waals surface area contributed by atoms with Crippen LogP contribution in [0.4, 0.5) is 5.69 Å². The summed E-state index contributed by atoms with van der Waals surface area (Å²) in [6.07, 6.45) is -0.191. The number of benzene rings is 1. The molecule has 0 saturated heterocycles. The first-order valence-corrected chi connectivity index (χ1v) is 5.96. The molecular formula is C13H18N2O4. The number of aliphatic hydroxyl groups is 1. The van der Waals surface area contributed by atoms with Crippen LogP contribution in [0.3, 0.4) is 0 Å². The number of carbonyl (C=O) groups excluding carboxylic acids is 1. The first-order chi connectivity index (χ1) is 9.02. The molecule has 0 aromatic heterocycles. The van der Waals surface area contributed by atoms with Crippen molar-refractivity contribution in [2.24, 2.45) is 0 Å². The van der Waals surface area contributed by atoms with Crippen LogP contribution in [0, 0.1) is 6.92 Å². The number of carboxylic acid groups (broad SMARTS) is 1. The fourth-order valence-electron chi connectivity index (χ4n) is 1.52. The minimum Gasteiger partial charge on any atom is -0.480 e. The van der Waals surface area contributed by atoms with E-state index in [1.54, 1.807) is 12.1 Å². The van der Waals surface area contributed by atoms with Crippen molar-refractivity contribution >= 4 is 17.6 Å². The molecule has 4 N–H and O–H groups in total. The Hall–Kier alpha value is -1.92. The quantitative estimate of drug-likeness (QED) is 0.571. The number of aliphatic hydroxyl groups excluding tert-OH is 1. The topological polar surface area (TPSA) is 98.7 Å². The van der Waals surface area contributed by atoms with Crippen molar-refractivity contribution < 1.29 is 19.8 Å². The molecule has 19 heavy (non-hydrogen) atoms. The van der Waals surface area contributed by atoms with Gasteiger partial charge in [-0.1, -0.05) is 17.7 Å². The molecule has 6 nitrogen and oxygen atoms in total. The largest absolute Gasteiger partial charge is 0.480 e. The van der Waals surface area contributed by atoms with E-state index in [9.17, 15) is 9.59 Å². The minimum absolute atomic E-state index is 0.134. The fourth-order valence-corrected chi connectivity index (χ4v) is 1.52. The van der Waals surface area contributed by atoms with Gasteiger partial charge in [0.25, 0.3) is 0 Å². The molecule has 1 aromatic carbocycles. The Kier molecular flexibility index (Phi) is 5.98. The van der Waals surface area contributed by atoms with Crippen molar-refractivity contribution in [1.82, 2.24) is 5.32 Å². The van der Waals surface area contributed by atoms with Crippen LogP contribution in [0.25, 0.3) is 0 Å². The summed E-state index contributed by atoms with van der Waals surface area (Å²) in [4.78, 5) is 22.6. The lowest BCUT2D eigenvalue weighted by molar-refractivity contribution is -0.141. The van der Waals surface area contributed by atoms with Crippen LogP contribution < -0.4 is 10.6 Å². The molecule has 0 spiro atoms. The van der Waals surface area contributed by atoms with Crippen LogP contribution >= 0.6 is 0 Å². The third-order valence-electron chi connectivity index (χ3n) is 2.53. The van der Waals surface area contributed by atoms with E-state index in [0.29, 0.717) is 5.69 Å². The summed E-state index contributed by atoms with van der Waals surface area (Å²) in [5.41, 5.74) is 1.70. The van der Waals surface area contributed by atoms with Gasteiger partial charge in [-0.15, -0.1) is 0 Å². The van der Waals surface area contributed by atoms with Crippen molar-refractivity contribution in [3.05, 3.63) is 29.8 Å². The zero-order valence-electron chi connectivity index (χ0n) is 10.7. The van der Waals surface area contributed by atoms with Gasteiger partial charge < -0.3 is 20.8 Å². The van der Waals surface area contributed by atoms with Gasteiger partial charge in [-0.05, 0) is 19.1 Å². The zero-order chi connectivity index (χ0) is 14.3. The number of aryl methyl sites for hydroxylation is 1. The summed E-state index contributed by atoms with van der Waals surface area (Å²) in [7, 11) is 0. The third kappa shape index (κ3) is 5.50. The molecule has 0 saturated carbocycles. The lowest BCUT2D eigenvalue weighted by atomic mass is 10.2. The summed E-state index contributed by atoms with van der Waals surface area (Å²) in [6.45, 7) is 1.89. The molecule has 104 valence electrons. The van der Waals surface area contributed by atoms with Gasteiger partial charge in [-0.3, -0.25) is 9.59 Å². The first-order valence-electron chi connectivity index (χ1n) is 5.96. The molecule has 0 heterocycles. The van der Waals surface area contributed by atoms with E-state index in [-0.39, 0.29) is 25.5 Å². The Labute approximate surface area is 111 Å². The lowest BCUT2D eigenvalue weighted by Gasteiger charge is -2.13. The van der Waals surface area contributed by atoms with Crippen LogP contribution in [0.15, 0.2) is 24.3 Å². The third-order valence-corrected chi connectivity index (χ3v) is 2.53. The Bertz CT molecular complexity index is 431. The van der Waals surface area contributed by atoms with E-state index in [2.05, 4.69) is 10.6 Å². The summed E-state index contributed by atoms with van der Waals surface area (Å²) in [5.74, 6) is -1.51. The second-order valence-corrected chi connectivity index (χ2v) is 4.19. The SMILES string of the molecule is Cc1ccc(NC(=O)CC(NCCO)C(=O)O)cc1. The molecule has 1 amide bonds. The average molecular weight is 266 g/mol. The van der Waals surface area contributed by atoms with E-state index in [1.807, 2.05) is 19.1 Å². The normalized spacial score (nSPS) is 11.9. The number of carboxylic acids is 1. The van der Waals surface area contributed by atoms with Crippen LogP contribution in [0.5, 0.6) is 0 Å². The highest BCUT2D eigenvalue weighted by molar-refractivity contribution is 5.94. The second kappa shape index (κ2) is 7.50. The van der Waals surface area contributed by atoms with E-state index >= 15 is 0 Å². The number of amides is 1. The van der Waals surface area contributed by atoms with Gasteiger partial charge in [0, 0.05) is 12.2 Å². The van der Waals surface area contributed by atoms with Crippen LogP contribution in [-0.2, 0) is 9.59 Å². The van der Waals surface area contributed by atoms with Gasteiger partial charge in [-0.25, -0.2) is 0 Å². The van der Waals surface area contributed by atoms with Crippen molar-refractivity contribution in [1.29, 1.82) is 0 Å². The number of rotatable bonds is 7. The van der Waals surface area contributed by atoms with Gasteiger partial charge in [0.05, 0.1) is 13.0 Å². The standard InChI is InChI=1S/C13H18N2O4/c1-9-2-4-10(5-3-9)15-12(17)8-11(13(18)19)14-6-7-16/h2-5,11,14,16H,6-8H2,1H3,(H,15,17)(H,18,19). The number of nitrogens with one attached hydrogen (secondary N) is 2. The van der Waals surface area contributed by atoms with Crippen LogP contribution in [0.2, 0.25) is 0 Å². The van der Waals surface area contributed by atoms with Crippen molar-refractivity contribution in [2.75, 3.05) is 18.5 Å². The lowest BCUT2D eigenvalue weighted by Crippen LogP contribution is -2.41. The number of hydrogen-bond donors (Lipinski definition) is 4. The van der Waals surface area contributed by atoms with Gasteiger partial charge >= 0.3 is 5.97 Å². The molecular weight excluding hydrogens is 248 g/mol. The maximum Gasteiger partial charge on any atom is 0.321 e. The van der Waals surface area contributed by atoms with Gasteiger partial charge in [0.15, 0.2) is 0 Å². The monoisotopic (exact) mass is 266 g/mol. The Morgan fingerprint density at radius 2 is 1.89 bits per heavy atom. The second-order valence-electron chi connectivity index (χ2n) is 4.19. The van der Waals surface area contributed by atoms with E-state index in [4.69, 9.17) is 10.2 Å². The van der Waals surface area contributed by atoms with Gasteiger partial charge in [0.2, 0.25) is 5.91 Å². The van der Waals surface area contributed by atoms with E-state index in [0.717, 1.165) is 5.56 Å². The smallest absolute Gasteiger partial charge is 0.321 e. The Morgan fingerprint density at radius 3 is 2.42 bits per heavy atom. The number of hydrogen-bond acceptors (Lipinski definition) is 4. The van der Waals surface area contributed by atoms with E-state index in [1.165, 1.54) is 0 Å². The molecule has 0 radical (unpaired) electrons. The highest BCUT2D eigenvalue weighted by atomic mass is 16.4. The summed E-state index contributed by atoms with van der Waals surface area (Å²) < 4.78 is 0. The highest BCUT2D eigenvalue weighted by Gasteiger charge is 2.20. The predicted molar refractivity (Wildman–Crippen MR) is 70.9 cm³/mol. The number of anilines is 1. The maximum absolute atomic E-state index is 11.7.